The molecule has 5 heteroatoms. The number of rotatable bonds is 0. The fraction of sp³-hybridized carbons (Fsp3) is 0.267. The first-order chi connectivity index (χ1) is 9.23. The summed E-state index contributed by atoms with van der Waals surface area (Å²) in [7, 11) is -2.10. The van der Waals surface area contributed by atoms with Crippen LogP contribution in [-0.4, -0.2) is 13.1 Å². The predicted octanol–water partition coefficient (Wildman–Crippen LogP) is 3.21. The van der Waals surface area contributed by atoms with E-state index in [0.29, 0.717) is 0 Å². The van der Waals surface area contributed by atoms with E-state index in [1.165, 1.54) is 12.1 Å². The molecule has 3 rings (SSSR count). The molecule has 0 radical (unpaired) electrons. The van der Waals surface area contributed by atoms with Crippen molar-refractivity contribution in [3.05, 3.63) is 41.7 Å². The van der Waals surface area contributed by atoms with Gasteiger partial charge in [0.15, 0.2) is 0 Å². The third kappa shape index (κ3) is 1.73. The minimum Gasteiger partial charge on any atom is -0.262 e. The van der Waals surface area contributed by atoms with Crippen LogP contribution in [0.3, 0.4) is 0 Å². The quantitative estimate of drug-likeness (QED) is 0.680. The monoisotopic (exact) mass is 293 g/mol. The zero-order valence-electron chi connectivity index (χ0n) is 11.5. The summed E-state index contributed by atoms with van der Waals surface area (Å²) in [6, 6.07) is 6.03. The number of hydrogen-bond acceptors (Lipinski definition) is 1. The summed E-state index contributed by atoms with van der Waals surface area (Å²) < 4.78 is 38.8. The topological polar surface area (TPSA) is 12.9 Å². The minimum atomic E-state index is -4.29. The molecule has 2 aromatic rings. The minimum absolute atomic E-state index is 0.560. The fourth-order valence-corrected chi connectivity index (χ4v) is 6.72. The Labute approximate surface area is 116 Å². The van der Waals surface area contributed by atoms with Crippen LogP contribution in [0.2, 0.25) is 13.1 Å². The maximum absolute atomic E-state index is 12.9. The van der Waals surface area contributed by atoms with Crippen LogP contribution in [0.5, 0.6) is 0 Å². The summed E-state index contributed by atoms with van der Waals surface area (Å²) in [4.78, 5) is 4.31. The Morgan fingerprint density at radius 3 is 2.40 bits per heavy atom. The van der Waals surface area contributed by atoms with E-state index in [2.05, 4.69) is 18.1 Å². The second-order valence-electron chi connectivity index (χ2n) is 5.70. The highest BCUT2D eigenvalue weighted by Crippen LogP contribution is 2.34. The highest BCUT2D eigenvalue weighted by molar-refractivity contribution is 7.04. The van der Waals surface area contributed by atoms with E-state index in [9.17, 15) is 13.2 Å². The first kappa shape index (κ1) is 13.4. The Kier molecular flexibility index (Phi) is 2.64. The molecule has 0 aliphatic carbocycles. The smallest absolute Gasteiger partial charge is 0.262 e. The maximum Gasteiger partial charge on any atom is 0.416 e. The molecule has 0 atom stereocenters. The molecule has 20 heavy (non-hydrogen) atoms. The van der Waals surface area contributed by atoms with Crippen molar-refractivity contribution in [2.75, 3.05) is 0 Å². The number of fused-ring (bicyclic) bond motifs is 3. The molecule has 0 saturated heterocycles. The lowest BCUT2D eigenvalue weighted by atomic mass is 10.0. The number of benzene rings is 1. The van der Waals surface area contributed by atoms with Gasteiger partial charge in [0.2, 0.25) is 0 Å². The van der Waals surface area contributed by atoms with Crippen molar-refractivity contribution in [3.8, 4) is 11.1 Å². The lowest BCUT2D eigenvalue weighted by molar-refractivity contribution is -0.137. The molecule has 1 aromatic heterocycles. The standard InChI is InChI=1S/C15H14F3NSi/c1-9-14-12(6-7-19-9)11-5-4-10(15(16,17)18)8-13(11)20(14,2)3/h4-8H,1-3H3. The zero-order valence-corrected chi connectivity index (χ0v) is 12.5. The number of alkyl halides is 3. The molecule has 0 saturated carbocycles. The fourth-order valence-electron chi connectivity index (χ4n) is 3.19. The average Bonchev–Trinajstić information content (AvgIpc) is 2.58. The van der Waals surface area contributed by atoms with Gasteiger partial charge in [-0.15, -0.1) is 0 Å². The third-order valence-corrected chi connectivity index (χ3v) is 7.72. The average molecular weight is 293 g/mol. The molecule has 104 valence electrons. The Bertz CT molecular complexity index is 705. The van der Waals surface area contributed by atoms with Gasteiger partial charge in [-0.05, 0) is 46.6 Å². The van der Waals surface area contributed by atoms with Crippen molar-refractivity contribution in [1.82, 2.24) is 4.98 Å². The van der Waals surface area contributed by atoms with Gasteiger partial charge in [-0.3, -0.25) is 4.98 Å². The highest BCUT2D eigenvalue weighted by atomic mass is 28.3. The molecule has 0 spiro atoms. The van der Waals surface area contributed by atoms with E-state index in [1.807, 2.05) is 13.0 Å². The summed E-state index contributed by atoms with van der Waals surface area (Å²) in [6.45, 7) is 6.11. The molecule has 1 aliphatic heterocycles. The lowest BCUT2D eigenvalue weighted by Gasteiger charge is -2.20. The molecule has 0 bridgehead atoms. The van der Waals surface area contributed by atoms with Crippen molar-refractivity contribution >= 4 is 18.4 Å². The maximum atomic E-state index is 12.9. The van der Waals surface area contributed by atoms with Gasteiger partial charge in [0.25, 0.3) is 0 Å². The van der Waals surface area contributed by atoms with Crippen molar-refractivity contribution in [1.29, 1.82) is 0 Å². The Balaban J connectivity index is 2.30. The molecule has 1 aliphatic rings. The van der Waals surface area contributed by atoms with Crippen LogP contribution in [0.25, 0.3) is 11.1 Å². The van der Waals surface area contributed by atoms with Gasteiger partial charge in [-0.25, -0.2) is 0 Å². The van der Waals surface area contributed by atoms with Crippen LogP contribution in [0.1, 0.15) is 11.3 Å². The normalized spacial score (nSPS) is 15.9. The van der Waals surface area contributed by atoms with Gasteiger partial charge in [-0.2, -0.15) is 13.2 Å². The van der Waals surface area contributed by atoms with Gasteiger partial charge in [0.1, 0.15) is 8.07 Å². The van der Waals surface area contributed by atoms with E-state index in [4.69, 9.17) is 0 Å². The number of aromatic nitrogens is 1. The summed E-state index contributed by atoms with van der Waals surface area (Å²) >= 11 is 0. The number of nitrogens with zero attached hydrogens (tertiary/aromatic N) is 1. The predicted molar refractivity (Wildman–Crippen MR) is 76.2 cm³/mol. The molecule has 0 fully saturated rings. The van der Waals surface area contributed by atoms with Crippen LogP contribution >= 0.6 is 0 Å². The lowest BCUT2D eigenvalue weighted by Crippen LogP contribution is -2.50. The Hall–Kier alpha value is -1.62. The van der Waals surface area contributed by atoms with Crippen LogP contribution in [0.15, 0.2) is 30.5 Å². The van der Waals surface area contributed by atoms with Crippen molar-refractivity contribution in [2.45, 2.75) is 26.2 Å². The molecule has 0 unspecified atom stereocenters. The molecular weight excluding hydrogens is 279 g/mol. The number of halogens is 3. The zero-order chi connectivity index (χ0) is 14.7. The molecule has 1 aromatic carbocycles. The van der Waals surface area contributed by atoms with E-state index < -0.39 is 19.8 Å². The van der Waals surface area contributed by atoms with Crippen LogP contribution < -0.4 is 10.4 Å². The summed E-state index contributed by atoms with van der Waals surface area (Å²) in [5.74, 6) is 0. The molecule has 0 N–H and O–H groups in total. The van der Waals surface area contributed by atoms with Crippen LogP contribution in [0, 0.1) is 6.92 Å². The molecule has 1 nitrogen and oxygen atoms in total. The first-order valence-electron chi connectivity index (χ1n) is 6.41. The van der Waals surface area contributed by atoms with Gasteiger partial charge in [0.05, 0.1) is 5.56 Å². The third-order valence-electron chi connectivity index (χ3n) is 4.08. The van der Waals surface area contributed by atoms with Gasteiger partial charge >= 0.3 is 6.18 Å². The van der Waals surface area contributed by atoms with E-state index in [-0.39, 0.29) is 0 Å². The van der Waals surface area contributed by atoms with Gasteiger partial charge in [-0.1, -0.05) is 19.2 Å². The van der Waals surface area contributed by atoms with Crippen LogP contribution in [-0.2, 0) is 6.18 Å². The van der Waals surface area contributed by atoms with E-state index >= 15 is 0 Å². The number of aryl methyl sites for hydroxylation is 1. The highest BCUT2D eigenvalue weighted by Gasteiger charge is 2.41. The van der Waals surface area contributed by atoms with Crippen molar-refractivity contribution in [2.24, 2.45) is 0 Å². The Morgan fingerprint density at radius 2 is 1.75 bits per heavy atom. The summed E-state index contributed by atoms with van der Waals surface area (Å²) in [5, 5.41) is 2.02. The van der Waals surface area contributed by atoms with Gasteiger partial charge in [0, 0.05) is 11.9 Å². The van der Waals surface area contributed by atoms with Gasteiger partial charge < -0.3 is 0 Å². The summed E-state index contributed by atoms with van der Waals surface area (Å²) in [6.07, 6.45) is -2.56. The molecule has 0 amide bonds. The van der Waals surface area contributed by atoms with E-state index in [1.54, 1.807) is 12.3 Å². The SMILES string of the molecule is Cc1nccc2c1[Si](C)(C)c1cc(C(F)(F)F)ccc1-2. The summed E-state index contributed by atoms with van der Waals surface area (Å²) in [5.41, 5.74) is 2.37. The van der Waals surface area contributed by atoms with Crippen molar-refractivity contribution in [3.63, 3.8) is 0 Å². The number of pyridine rings is 1. The second kappa shape index (κ2) is 3.94. The van der Waals surface area contributed by atoms with E-state index in [0.717, 1.165) is 27.2 Å². The molecule has 2 heterocycles. The van der Waals surface area contributed by atoms with Crippen molar-refractivity contribution < 1.29 is 13.2 Å². The second-order valence-corrected chi connectivity index (χ2v) is 9.99. The number of hydrogen-bond donors (Lipinski definition) is 0. The Morgan fingerprint density at radius 1 is 1.05 bits per heavy atom. The first-order valence-corrected chi connectivity index (χ1v) is 9.41. The largest absolute Gasteiger partial charge is 0.416 e. The van der Waals surface area contributed by atoms with Crippen LogP contribution in [0.4, 0.5) is 13.2 Å². The molecular formula is C15H14F3NSi.